The van der Waals surface area contributed by atoms with Crippen LogP contribution in [0.15, 0.2) is 0 Å². The van der Waals surface area contributed by atoms with E-state index in [1.807, 2.05) is 0 Å². The molecule has 0 aromatic carbocycles. The fourth-order valence-corrected chi connectivity index (χ4v) is 1.60. The van der Waals surface area contributed by atoms with Crippen LogP contribution in [0.1, 0.15) is 13.8 Å². The summed E-state index contributed by atoms with van der Waals surface area (Å²) < 4.78 is 26.2. The van der Waals surface area contributed by atoms with Gasteiger partial charge in [0.25, 0.3) is 10.2 Å². The van der Waals surface area contributed by atoms with Crippen molar-refractivity contribution in [3.05, 3.63) is 0 Å². The average Bonchev–Trinajstić information content (AvgIpc) is 1.86. The maximum absolute atomic E-state index is 10.9. The van der Waals surface area contributed by atoms with E-state index in [9.17, 15) is 8.42 Å². The molecule has 0 rings (SSSR count). The van der Waals surface area contributed by atoms with Crippen molar-refractivity contribution in [2.75, 3.05) is 13.2 Å². The standard InChI is InChI=1S/C5H14N2O3S/c1-3-6-11(9,10)7-5(2)4-8/h5-8H,3-4H2,1-2H3. The van der Waals surface area contributed by atoms with Gasteiger partial charge in [-0.2, -0.15) is 13.1 Å². The van der Waals surface area contributed by atoms with Crippen molar-refractivity contribution in [2.24, 2.45) is 0 Å². The Morgan fingerprint density at radius 2 is 2.09 bits per heavy atom. The molecule has 0 heterocycles. The Bertz CT molecular complexity index is 190. The molecule has 0 aromatic heterocycles. The lowest BCUT2D eigenvalue weighted by atomic mass is 10.4. The van der Waals surface area contributed by atoms with E-state index in [-0.39, 0.29) is 6.61 Å². The van der Waals surface area contributed by atoms with Crippen LogP contribution in [0, 0.1) is 0 Å². The monoisotopic (exact) mass is 182 g/mol. The number of aliphatic hydroxyl groups is 1. The smallest absolute Gasteiger partial charge is 0.277 e. The van der Waals surface area contributed by atoms with Crippen LogP contribution in [-0.4, -0.2) is 32.7 Å². The molecule has 0 aliphatic carbocycles. The molecule has 0 fully saturated rings. The summed E-state index contributed by atoms with van der Waals surface area (Å²) in [6, 6.07) is -0.445. The topological polar surface area (TPSA) is 78.4 Å². The van der Waals surface area contributed by atoms with Crippen LogP contribution < -0.4 is 9.44 Å². The van der Waals surface area contributed by atoms with Crippen molar-refractivity contribution >= 4 is 10.2 Å². The third kappa shape index (κ3) is 5.14. The molecule has 5 nitrogen and oxygen atoms in total. The van der Waals surface area contributed by atoms with Crippen molar-refractivity contribution in [1.29, 1.82) is 0 Å². The lowest BCUT2D eigenvalue weighted by Crippen LogP contribution is -2.42. The van der Waals surface area contributed by atoms with Gasteiger partial charge in [-0.15, -0.1) is 0 Å². The number of rotatable bonds is 5. The van der Waals surface area contributed by atoms with Crippen LogP contribution in [0.4, 0.5) is 0 Å². The molecule has 0 spiro atoms. The largest absolute Gasteiger partial charge is 0.395 e. The Labute approximate surface area is 67.0 Å². The van der Waals surface area contributed by atoms with Crippen molar-refractivity contribution in [2.45, 2.75) is 19.9 Å². The van der Waals surface area contributed by atoms with Crippen LogP contribution in [-0.2, 0) is 10.2 Å². The summed E-state index contributed by atoms with van der Waals surface area (Å²) >= 11 is 0. The SMILES string of the molecule is CCNS(=O)(=O)NC(C)CO. The lowest BCUT2D eigenvalue weighted by molar-refractivity contribution is 0.265. The van der Waals surface area contributed by atoms with Crippen molar-refractivity contribution in [3.8, 4) is 0 Å². The zero-order valence-electron chi connectivity index (χ0n) is 6.66. The van der Waals surface area contributed by atoms with Crippen molar-refractivity contribution in [3.63, 3.8) is 0 Å². The van der Waals surface area contributed by atoms with Gasteiger partial charge in [-0.1, -0.05) is 6.92 Å². The first-order valence-corrected chi connectivity index (χ1v) is 4.88. The van der Waals surface area contributed by atoms with Crippen LogP contribution in [0.25, 0.3) is 0 Å². The molecule has 0 aliphatic rings. The van der Waals surface area contributed by atoms with Crippen molar-refractivity contribution in [1.82, 2.24) is 9.44 Å². The second kappa shape index (κ2) is 4.66. The molecule has 0 radical (unpaired) electrons. The van der Waals surface area contributed by atoms with Gasteiger partial charge in [0, 0.05) is 12.6 Å². The lowest BCUT2D eigenvalue weighted by Gasteiger charge is -2.10. The highest BCUT2D eigenvalue weighted by molar-refractivity contribution is 7.87. The summed E-state index contributed by atoms with van der Waals surface area (Å²) in [6.45, 7) is 3.40. The van der Waals surface area contributed by atoms with Gasteiger partial charge in [0.1, 0.15) is 0 Å². The van der Waals surface area contributed by atoms with Gasteiger partial charge < -0.3 is 5.11 Å². The number of hydrogen-bond donors (Lipinski definition) is 3. The molecule has 0 saturated carbocycles. The average molecular weight is 182 g/mol. The molecule has 0 amide bonds. The van der Waals surface area contributed by atoms with E-state index in [0.29, 0.717) is 6.54 Å². The molecule has 1 atom stereocenters. The van der Waals surface area contributed by atoms with Crippen LogP contribution >= 0.6 is 0 Å². The highest BCUT2D eigenvalue weighted by Crippen LogP contribution is 1.82. The zero-order chi connectivity index (χ0) is 8.91. The number of hydrogen-bond acceptors (Lipinski definition) is 3. The van der Waals surface area contributed by atoms with Crippen LogP contribution in [0.2, 0.25) is 0 Å². The van der Waals surface area contributed by atoms with E-state index >= 15 is 0 Å². The summed E-state index contributed by atoms with van der Waals surface area (Å²) in [7, 11) is -3.40. The number of aliphatic hydroxyl groups excluding tert-OH is 1. The van der Waals surface area contributed by atoms with Gasteiger partial charge in [0.2, 0.25) is 0 Å². The summed E-state index contributed by atoms with van der Waals surface area (Å²) in [5.41, 5.74) is 0. The first-order chi connectivity index (χ1) is 5.02. The minimum absolute atomic E-state index is 0.204. The summed E-state index contributed by atoms with van der Waals surface area (Å²) in [5.74, 6) is 0. The quantitative estimate of drug-likeness (QED) is 0.500. The summed E-state index contributed by atoms with van der Waals surface area (Å²) in [4.78, 5) is 0. The van der Waals surface area contributed by atoms with Crippen LogP contribution in [0.5, 0.6) is 0 Å². The first kappa shape index (κ1) is 10.8. The molecular weight excluding hydrogens is 168 g/mol. The maximum atomic E-state index is 10.9. The van der Waals surface area contributed by atoms with E-state index in [1.165, 1.54) is 0 Å². The van der Waals surface area contributed by atoms with Gasteiger partial charge in [0.05, 0.1) is 6.61 Å². The Hall–Kier alpha value is -0.170. The molecule has 11 heavy (non-hydrogen) atoms. The molecule has 0 bridgehead atoms. The second-order valence-corrected chi connectivity index (χ2v) is 3.73. The zero-order valence-corrected chi connectivity index (χ0v) is 7.48. The second-order valence-electron chi connectivity index (χ2n) is 2.20. The third-order valence-electron chi connectivity index (χ3n) is 0.965. The predicted octanol–water partition coefficient (Wildman–Crippen LogP) is -1.19. The number of nitrogens with one attached hydrogen (secondary N) is 2. The maximum Gasteiger partial charge on any atom is 0.277 e. The van der Waals surface area contributed by atoms with Gasteiger partial charge in [-0.25, -0.2) is 4.72 Å². The highest BCUT2D eigenvalue weighted by atomic mass is 32.2. The normalized spacial score (nSPS) is 14.8. The minimum Gasteiger partial charge on any atom is -0.395 e. The molecule has 6 heteroatoms. The van der Waals surface area contributed by atoms with E-state index in [4.69, 9.17) is 5.11 Å². The predicted molar refractivity (Wildman–Crippen MR) is 42.3 cm³/mol. The van der Waals surface area contributed by atoms with Gasteiger partial charge in [-0.3, -0.25) is 0 Å². The van der Waals surface area contributed by atoms with Crippen molar-refractivity contribution < 1.29 is 13.5 Å². The van der Waals surface area contributed by atoms with E-state index in [2.05, 4.69) is 9.44 Å². The Morgan fingerprint density at radius 3 is 2.45 bits per heavy atom. The molecule has 0 saturated heterocycles. The van der Waals surface area contributed by atoms with Gasteiger partial charge in [-0.05, 0) is 6.92 Å². The Balaban J connectivity index is 3.92. The fourth-order valence-electron chi connectivity index (χ4n) is 0.534. The minimum atomic E-state index is -3.40. The molecule has 1 unspecified atom stereocenters. The third-order valence-corrected chi connectivity index (χ3v) is 2.35. The first-order valence-electron chi connectivity index (χ1n) is 3.39. The highest BCUT2D eigenvalue weighted by Gasteiger charge is 2.10. The van der Waals surface area contributed by atoms with Gasteiger partial charge in [0.15, 0.2) is 0 Å². The molecular formula is C5H14N2O3S. The van der Waals surface area contributed by atoms with E-state index in [0.717, 1.165) is 0 Å². The van der Waals surface area contributed by atoms with E-state index in [1.54, 1.807) is 13.8 Å². The molecule has 0 aromatic rings. The van der Waals surface area contributed by atoms with Gasteiger partial charge >= 0.3 is 0 Å². The molecule has 68 valence electrons. The summed E-state index contributed by atoms with van der Waals surface area (Å²) in [5, 5.41) is 8.51. The van der Waals surface area contributed by atoms with Crippen LogP contribution in [0.3, 0.4) is 0 Å². The fraction of sp³-hybridized carbons (Fsp3) is 1.00. The Morgan fingerprint density at radius 1 is 1.55 bits per heavy atom. The van der Waals surface area contributed by atoms with E-state index < -0.39 is 16.3 Å². The molecule has 3 N–H and O–H groups in total. The Kier molecular flexibility index (Phi) is 4.58. The molecule has 0 aliphatic heterocycles. The summed E-state index contributed by atoms with van der Waals surface area (Å²) in [6.07, 6.45) is 0.